The smallest absolute Gasteiger partial charge is 0.432 e. The second-order valence-corrected chi connectivity index (χ2v) is 9.26. The molecular weight excluding hydrogens is 212 g/mol. The molecule has 4 nitrogen and oxygen atoms in total. The molecule has 1 saturated heterocycles. The van der Waals surface area contributed by atoms with Crippen molar-refractivity contribution in [2.45, 2.75) is 37.9 Å². The third-order valence-electron chi connectivity index (χ3n) is 3.67. The lowest BCUT2D eigenvalue weighted by atomic mass is 9.81. The van der Waals surface area contributed by atoms with Crippen LogP contribution < -0.4 is 0 Å². The summed E-state index contributed by atoms with van der Waals surface area (Å²) >= 11 is 0. The zero-order valence-electron chi connectivity index (χ0n) is 9.06. The van der Waals surface area contributed by atoms with Crippen LogP contribution in [-0.4, -0.2) is 29.8 Å². The van der Waals surface area contributed by atoms with Crippen LogP contribution in [0.1, 0.15) is 19.3 Å². The first-order chi connectivity index (χ1) is 6.89. The minimum Gasteiger partial charge on any atom is -0.432 e. The Kier molecular flexibility index (Phi) is 2.46. The SMILES string of the molecule is C[Si](C)(O)C1CCC2C(=O)OC(=[OH+])C2C1. The minimum atomic E-state index is -2.16. The highest BCUT2D eigenvalue weighted by Crippen LogP contribution is 2.45. The lowest BCUT2D eigenvalue weighted by Gasteiger charge is -2.32. The Labute approximate surface area is 89.7 Å². The molecule has 0 aromatic rings. The number of cyclic esters (lactones) is 2. The van der Waals surface area contributed by atoms with E-state index < -0.39 is 8.32 Å². The third-order valence-corrected chi connectivity index (χ3v) is 6.20. The van der Waals surface area contributed by atoms with Gasteiger partial charge in [-0.25, -0.2) is 9.53 Å². The molecule has 2 N–H and O–H groups in total. The summed E-state index contributed by atoms with van der Waals surface area (Å²) in [5, 5.41) is 0. The van der Waals surface area contributed by atoms with Crippen LogP contribution in [0.4, 0.5) is 0 Å². The Morgan fingerprint density at radius 2 is 2.07 bits per heavy atom. The van der Waals surface area contributed by atoms with Gasteiger partial charge in [-0.1, -0.05) is 0 Å². The van der Waals surface area contributed by atoms with Gasteiger partial charge in [-0.15, -0.1) is 0 Å². The molecule has 1 saturated carbocycles. The Bertz CT molecular complexity index is 307. The molecule has 1 aliphatic heterocycles. The molecule has 0 aromatic carbocycles. The molecule has 2 aliphatic rings. The zero-order valence-corrected chi connectivity index (χ0v) is 10.1. The van der Waals surface area contributed by atoms with Crippen LogP contribution in [0.3, 0.4) is 0 Å². The van der Waals surface area contributed by atoms with E-state index in [4.69, 9.17) is 4.74 Å². The van der Waals surface area contributed by atoms with Crippen molar-refractivity contribution in [2.75, 3.05) is 0 Å². The Balaban J connectivity index is 2.12. The number of fused-ring (bicyclic) bond motifs is 1. The van der Waals surface area contributed by atoms with Gasteiger partial charge in [0.2, 0.25) is 0 Å². The van der Waals surface area contributed by atoms with Gasteiger partial charge in [-0.3, -0.25) is 0 Å². The summed E-state index contributed by atoms with van der Waals surface area (Å²) in [6.45, 7) is 3.82. The highest BCUT2D eigenvalue weighted by Gasteiger charge is 2.56. The fourth-order valence-electron chi connectivity index (χ4n) is 2.62. The van der Waals surface area contributed by atoms with Crippen LogP contribution in [0.15, 0.2) is 0 Å². The number of carbonyl (C=O) groups excluding carboxylic acids is 2. The topological polar surface area (TPSA) is 67.9 Å². The normalized spacial score (nSPS) is 36.3. The van der Waals surface area contributed by atoms with Gasteiger partial charge in [0, 0.05) is 0 Å². The van der Waals surface area contributed by atoms with Crippen molar-refractivity contribution in [3.8, 4) is 0 Å². The summed E-state index contributed by atoms with van der Waals surface area (Å²) in [5.74, 6) is -0.769. The molecule has 3 unspecified atom stereocenters. The maximum absolute atomic E-state index is 11.3. The number of ether oxygens (including phenoxy) is 1. The van der Waals surface area contributed by atoms with Gasteiger partial charge < -0.3 is 9.59 Å². The molecule has 84 valence electrons. The van der Waals surface area contributed by atoms with Crippen LogP contribution in [0.5, 0.6) is 0 Å². The fraction of sp³-hybridized carbons (Fsp3) is 0.800. The maximum Gasteiger partial charge on any atom is 0.495 e. The van der Waals surface area contributed by atoms with Crippen molar-refractivity contribution in [2.24, 2.45) is 11.8 Å². The molecule has 0 bridgehead atoms. The average molecular weight is 229 g/mol. The molecule has 0 radical (unpaired) electrons. The summed E-state index contributed by atoms with van der Waals surface area (Å²) in [6.07, 6.45) is 2.30. The van der Waals surface area contributed by atoms with Gasteiger partial charge >= 0.3 is 11.9 Å². The molecule has 0 spiro atoms. The van der Waals surface area contributed by atoms with Crippen molar-refractivity contribution in [1.29, 1.82) is 0 Å². The third kappa shape index (κ3) is 1.86. The standard InChI is InChI=1S/C10H16O4Si/c1-15(2,13)6-3-4-7-8(5-6)10(12)14-9(7)11/h6-8,13H,3-5H2,1-2H3/p+1. The van der Waals surface area contributed by atoms with E-state index in [0.29, 0.717) is 6.42 Å². The predicted octanol–water partition coefficient (Wildman–Crippen LogP) is 1.03. The monoisotopic (exact) mass is 229 g/mol. The van der Waals surface area contributed by atoms with Crippen molar-refractivity contribution in [3.63, 3.8) is 0 Å². The minimum absolute atomic E-state index is 0.132. The summed E-state index contributed by atoms with van der Waals surface area (Å²) in [6, 6.07) is 0. The average Bonchev–Trinajstić information content (AvgIpc) is 2.41. The van der Waals surface area contributed by atoms with Crippen LogP contribution in [-0.2, 0) is 9.53 Å². The van der Waals surface area contributed by atoms with Crippen LogP contribution in [0, 0.1) is 11.8 Å². The lowest BCUT2D eigenvalue weighted by Crippen LogP contribution is -2.38. The summed E-state index contributed by atoms with van der Waals surface area (Å²) in [7, 11) is -2.16. The molecular formula is C10H17O4Si+. The number of esters is 2. The molecule has 2 fully saturated rings. The van der Waals surface area contributed by atoms with E-state index in [1.807, 2.05) is 13.1 Å². The van der Waals surface area contributed by atoms with E-state index in [1.54, 1.807) is 0 Å². The molecule has 2 rings (SSSR count). The molecule has 1 aliphatic carbocycles. The summed E-state index contributed by atoms with van der Waals surface area (Å²) in [5.41, 5.74) is 0.260. The number of rotatable bonds is 1. The van der Waals surface area contributed by atoms with E-state index in [9.17, 15) is 14.4 Å². The number of hydrogen-bond acceptors (Lipinski definition) is 3. The number of carbonyl (C=O) groups is 1. The van der Waals surface area contributed by atoms with Gasteiger partial charge in [0.15, 0.2) is 8.32 Å². The molecule has 0 aromatic heterocycles. The van der Waals surface area contributed by atoms with E-state index in [2.05, 4.69) is 0 Å². The second-order valence-electron chi connectivity index (χ2n) is 5.14. The van der Waals surface area contributed by atoms with Crippen molar-refractivity contribution in [3.05, 3.63) is 0 Å². The first-order valence-corrected chi connectivity index (χ1v) is 8.42. The quantitative estimate of drug-likeness (QED) is 0.316. The van der Waals surface area contributed by atoms with Gasteiger partial charge in [-0.2, -0.15) is 0 Å². The molecule has 15 heavy (non-hydrogen) atoms. The largest absolute Gasteiger partial charge is 0.495 e. The summed E-state index contributed by atoms with van der Waals surface area (Å²) in [4.78, 5) is 30.8. The van der Waals surface area contributed by atoms with Gasteiger partial charge in [0.1, 0.15) is 11.8 Å². The molecule has 5 heteroatoms. The van der Waals surface area contributed by atoms with Crippen LogP contribution >= 0.6 is 0 Å². The van der Waals surface area contributed by atoms with Gasteiger partial charge in [0.05, 0.1) is 0 Å². The highest BCUT2D eigenvalue weighted by molar-refractivity contribution is 6.71. The first-order valence-electron chi connectivity index (χ1n) is 5.39. The lowest BCUT2D eigenvalue weighted by molar-refractivity contribution is -0.138. The Morgan fingerprint density at radius 3 is 2.67 bits per heavy atom. The van der Waals surface area contributed by atoms with Gasteiger partial charge in [-0.05, 0) is 37.9 Å². The number of hydrogen-bond donors (Lipinski definition) is 1. The first kappa shape index (κ1) is 10.8. The van der Waals surface area contributed by atoms with E-state index in [0.717, 1.165) is 12.8 Å². The van der Waals surface area contributed by atoms with Crippen molar-refractivity contribution < 1.29 is 19.1 Å². The molecule has 1 heterocycles. The van der Waals surface area contributed by atoms with Gasteiger partial charge in [0.25, 0.3) is 0 Å². The van der Waals surface area contributed by atoms with Crippen LogP contribution in [0.25, 0.3) is 0 Å². The van der Waals surface area contributed by atoms with E-state index >= 15 is 0 Å². The Morgan fingerprint density at radius 1 is 1.40 bits per heavy atom. The second kappa shape index (κ2) is 3.42. The van der Waals surface area contributed by atoms with Crippen LogP contribution in [0.2, 0.25) is 18.6 Å². The predicted molar refractivity (Wildman–Crippen MR) is 57.3 cm³/mol. The zero-order chi connectivity index (χ0) is 11.2. The molecule has 0 amide bonds. The fourth-order valence-corrected chi connectivity index (χ4v) is 4.33. The summed E-state index contributed by atoms with van der Waals surface area (Å²) < 4.78 is 4.74. The Hall–Kier alpha value is -0.683. The van der Waals surface area contributed by atoms with E-state index in [-0.39, 0.29) is 29.3 Å². The highest BCUT2D eigenvalue weighted by atomic mass is 28.4. The molecule has 3 atom stereocenters. The van der Waals surface area contributed by atoms with E-state index in [1.165, 1.54) is 0 Å². The van der Waals surface area contributed by atoms with Crippen molar-refractivity contribution in [1.82, 2.24) is 0 Å². The van der Waals surface area contributed by atoms with Crippen molar-refractivity contribution >= 4 is 20.3 Å². The maximum atomic E-state index is 11.3.